The number of urea groups is 1. The zero-order valence-electron chi connectivity index (χ0n) is 12.7. The van der Waals surface area contributed by atoms with E-state index in [1.165, 1.54) is 0 Å². The Hall–Kier alpha value is -1.30. The lowest BCUT2D eigenvalue weighted by Gasteiger charge is -2.36. The van der Waals surface area contributed by atoms with Crippen LogP contribution in [-0.4, -0.2) is 61.0 Å². The molecule has 0 bridgehead atoms. The van der Waals surface area contributed by atoms with Crippen LogP contribution in [0.25, 0.3) is 0 Å². The Bertz CT molecular complexity index is 310. The van der Waals surface area contributed by atoms with Gasteiger partial charge in [0.2, 0.25) is 6.41 Å². The topological polar surface area (TPSA) is 78.7 Å². The summed E-state index contributed by atoms with van der Waals surface area (Å²) in [7, 11) is 0. The number of likely N-dealkylation sites (tertiary alicyclic amines) is 1. The Morgan fingerprint density at radius 2 is 2.30 bits per heavy atom. The quantitative estimate of drug-likeness (QED) is 0.531. The van der Waals surface area contributed by atoms with Crippen molar-refractivity contribution in [1.82, 2.24) is 15.1 Å². The molecule has 6 heteroatoms. The van der Waals surface area contributed by atoms with E-state index in [9.17, 15) is 9.59 Å². The van der Waals surface area contributed by atoms with Crippen molar-refractivity contribution < 1.29 is 9.59 Å². The van der Waals surface area contributed by atoms with Crippen LogP contribution in [0, 0.1) is 5.92 Å². The fourth-order valence-corrected chi connectivity index (χ4v) is 2.52. The predicted molar refractivity (Wildman–Crippen MR) is 79.3 cm³/mol. The Kier molecular flexibility index (Phi) is 7.36. The molecule has 1 heterocycles. The average Bonchev–Trinajstić information content (AvgIpc) is 2.41. The molecular weight excluding hydrogens is 256 g/mol. The molecule has 0 radical (unpaired) electrons. The molecule has 0 aromatic rings. The van der Waals surface area contributed by atoms with Gasteiger partial charge in [-0.1, -0.05) is 13.8 Å². The second-order valence-electron chi connectivity index (χ2n) is 5.90. The van der Waals surface area contributed by atoms with E-state index in [1.54, 1.807) is 0 Å². The molecule has 3 amide bonds. The van der Waals surface area contributed by atoms with Gasteiger partial charge in [-0.15, -0.1) is 0 Å². The number of carbonyl (C=O) groups excluding carboxylic acids is 2. The molecule has 1 aliphatic rings. The van der Waals surface area contributed by atoms with E-state index in [4.69, 9.17) is 5.73 Å². The van der Waals surface area contributed by atoms with Crippen molar-refractivity contribution >= 4 is 12.4 Å². The molecule has 0 saturated carbocycles. The van der Waals surface area contributed by atoms with Gasteiger partial charge in [0.15, 0.2) is 0 Å². The Labute approximate surface area is 121 Å². The molecule has 1 aliphatic heterocycles. The summed E-state index contributed by atoms with van der Waals surface area (Å²) in [5, 5.41) is 2.63. The first-order valence-electron chi connectivity index (χ1n) is 7.51. The van der Waals surface area contributed by atoms with Gasteiger partial charge in [0.25, 0.3) is 0 Å². The van der Waals surface area contributed by atoms with Crippen LogP contribution in [0.5, 0.6) is 0 Å². The van der Waals surface area contributed by atoms with E-state index in [0.717, 1.165) is 32.4 Å². The van der Waals surface area contributed by atoms with Gasteiger partial charge in [0, 0.05) is 38.8 Å². The molecule has 0 spiro atoms. The third-order valence-electron chi connectivity index (χ3n) is 3.42. The highest BCUT2D eigenvalue weighted by atomic mass is 16.2. The van der Waals surface area contributed by atoms with Crippen LogP contribution < -0.4 is 11.1 Å². The van der Waals surface area contributed by atoms with E-state index < -0.39 is 0 Å². The number of carbonyl (C=O) groups is 2. The fourth-order valence-electron chi connectivity index (χ4n) is 2.52. The van der Waals surface area contributed by atoms with Crippen molar-refractivity contribution in [2.45, 2.75) is 39.2 Å². The SMILES string of the molecule is CC(C)CN(CCCNC=O)C(=O)N1CCCC(N)C1. The second-order valence-corrected chi connectivity index (χ2v) is 5.90. The van der Waals surface area contributed by atoms with Gasteiger partial charge in [0.1, 0.15) is 0 Å². The number of rotatable bonds is 7. The number of piperidine rings is 1. The van der Waals surface area contributed by atoms with E-state index in [0.29, 0.717) is 32.0 Å². The first-order chi connectivity index (χ1) is 9.54. The largest absolute Gasteiger partial charge is 0.359 e. The standard InChI is InChI=1S/C14H28N4O2/c1-12(2)9-17(8-4-6-16-11-19)14(20)18-7-3-5-13(15)10-18/h11-13H,3-10,15H2,1-2H3,(H,16,19). The van der Waals surface area contributed by atoms with Crippen molar-refractivity contribution in [3.8, 4) is 0 Å². The minimum absolute atomic E-state index is 0.0833. The molecule has 6 nitrogen and oxygen atoms in total. The monoisotopic (exact) mass is 284 g/mol. The first kappa shape index (κ1) is 16.8. The van der Waals surface area contributed by atoms with Crippen molar-refractivity contribution in [2.24, 2.45) is 11.7 Å². The molecule has 0 aromatic heterocycles. The molecule has 0 aliphatic carbocycles. The lowest BCUT2D eigenvalue weighted by Crippen LogP contribution is -2.52. The summed E-state index contributed by atoms with van der Waals surface area (Å²) in [5.41, 5.74) is 5.94. The molecule has 0 aromatic carbocycles. The molecule has 1 unspecified atom stereocenters. The van der Waals surface area contributed by atoms with Crippen molar-refractivity contribution in [3.05, 3.63) is 0 Å². The number of nitrogens with one attached hydrogen (secondary N) is 1. The number of hydrogen-bond donors (Lipinski definition) is 2. The maximum Gasteiger partial charge on any atom is 0.320 e. The van der Waals surface area contributed by atoms with Crippen LogP contribution >= 0.6 is 0 Å². The van der Waals surface area contributed by atoms with Gasteiger partial charge < -0.3 is 20.9 Å². The molecule has 1 fully saturated rings. The zero-order chi connectivity index (χ0) is 15.0. The molecule has 1 saturated heterocycles. The highest BCUT2D eigenvalue weighted by Gasteiger charge is 2.25. The number of nitrogens with two attached hydrogens (primary N) is 1. The van der Waals surface area contributed by atoms with Gasteiger partial charge in [0.05, 0.1) is 0 Å². The van der Waals surface area contributed by atoms with Gasteiger partial charge in [-0.3, -0.25) is 4.79 Å². The first-order valence-corrected chi connectivity index (χ1v) is 7.51. The number of amides is 3. The fraction of sp³-hybridized carbons (Fsp3) is 0.857. The highest BCUT2D eigenvalue weighted by Crippen LogP contribution is 2.12. The summed E-state index contributed by atoms with van der Waals surface area (Å²) < 4.78 is 0. The lowest BCUT2D eigenvalue weighted by molar-refractivity contribution is -0.109. The molecule has 1 atom stereocenters. The molecule has 20 heavy (non-hydrogen) atoms. The van der Waals surface area contributed by atoms with Crippen LogP contribution in [0.1, 0.15) is 33.1 Å². The number of nitrogens with zero attached hydrogens (tertiary/aromatic N) is 2. The Balaban J connectivity index is 2.51. The minimum atomic E-state index is 0.0833. The second kappa shape index (κ2) is 8.79. The third kappa shape index (κ3) is 5.77. The lowest BCUT2D eigenvalue weighted by atomic mass is 10.1. The summed E-state index contributed by atoms with van der Waals surface area (Å²) in [4.78, 5) is 26.5. The maximum atomic E-state index is 12.5. The van der Waals surface area contributed by atoms with Crippen LogP contribution in [0.2, 0.25) is 0 Å². The summed E-state index contributed by atoms with van der Waals surface area (Å²) in [6.07, 6.45) is 3.45. The smallest absolute Gasteiger partial charge is 0.320 e. The predicted octanol–water partition coefficient (Wildman–Crippen LogP) is 0.624. The van der Waals surface area contributed by atoms with Crippen LogP contribution in [0.3, 0.4) is 0 Å². The highest BCUT2D eigenvalue weighted by molar-refractivity contribution is 5.74. The van der Waals surface area contributed by atoms with Crippen molar-refractivity contribution in [2.75, 3.05) is 32.7 Å². The van der Waals surface area contributed by atoms with E-state index in [-0.39, 0.29) is 12.1 Å². The zero-order valence-corrected chi connectivity index (χ0v) is 12.7. The van der Waals surface area contributed by atoms with Gasteiger partial charge in [-0.2, -0.15) is 0 Å². The molecular formula is C14H28N4O2. The maximum absolute atomic E-state index is 12.5. The van der Waals surface area contributed by atoms with Crippen LogP contribution in [0.4, 0.5) is 4.79 Å². The normalized spacial score (nSPS) is 19.0. The minimum Gasteiger partial charge on any atom is -0.359 e. The molecule has 1 rings (SSSR count). The Morgan fingerprint density at radius 1 is 1.55 bits per heavy atom. The van der Waals surface area contributed by atoms with Crippen molar-refractivity contribution in [1.29, 1.82) is 0 Å². The average molecular weight is 284 g/mol. The van der Waals surface area contributed by atoms with Gasteiger partial charge in [-0.25, -0.2) is 4.79 Å². The summed E-state index contributed by atoms with van der Waals surface area (Å²) in [5.74, 6) is 0.427. The summed E-state index contributed by atoms with van der Waals surface area (Å²) in [6.45, 7) is 7.67. The van der Waals surface area contributed by atoms with Crippen LogP contribution in [-0.2, 0) is 4.79 Å². The van der Waals surface area contributed by atoms with E-state index >= 15 is 0 Å². The summed E-state index contributed by atoms with van der Waals surface area (Å²) >= 11 is 0. The molecule has 116 valence electrons. The third-order valence-corrected chi connectivity index (χ3v) is 3.42. The molecule has 3 N–H and O–H groups in total. The number of hydrogen-bond acceptors (Lipinski definition) is 3. The van der Waals surface area contributed by atoms with Crippen molar-refractivity contribution in [3.63, 3.8) is 0 Å². The Morgan fingerprint density at radius 3 is 2.90 bits per heavy atom. The van der Waals surface area contributed by atoms with Crippen LogP contribution in [0.15, 0.2) is 0 Å². The summed E-state index contributed by atoms with van der Waals surface area (Å²) in [6, 6.07) is 0.185. The van der Waals surface area contributed by atoms with E-state index in [1.807, 2.05) is 9.80 Å². The van der Waals surface area contributed by atoms with E-state index in [2.05, 4.69) is 19.2 Å². The van der Waals surface area contributed by atoms with Gasteiger partial charge >= 0.3 is 6.03 Å². The van der Waals surface area contributed by atoms with Gasteiger partial charge in [-0.05, 0) is 25.2 Å².